The van der Waals surface area contributed by atoms with Crippen molar-refractivity contribution in [3.63, 3.8) is 0 Å². The van der Waals surface area contributed by atoms with E-state index in [1.165, 1.54) is 160 Å². The van der Waals surface area contributed by atoms with E-state index in [9.17, 15) is 0 Å². The number of aromatic nitrogens is 2. The second kappa shape index (κ2) is 31.2. The zero-order valence-electron chi connectivity index (χ0n) is 78.3. The van der Waals surface area contributed by atoms with E-state index in [4.69, 9.17) is 0 Å². The van der Waals surface area contributed by atoms with Gasteiger partial charge in [-0.25, -0.2) is 0 Å². The fraction of sp³-hybridized carbons (Fsp3) is 0.108. The first kappa shape index (κ1) is 81.7. The maximum Gasteiger partial charge on any atom is 0.0542 e. The minimum atomic E-state index is -0.143. The molecule has 0 unspecified atom stereocenters. The van der Waals surface area contributed by atoms with Gasteiger partial charge in [-0.05, 0) is 311 Å². The Morgan fingerprint density at radius 2 is 0.426 bits per heavy atom. The van der Waals surface area contributed by atoms with E-state index in [-0.39, 0.29) is 21.7 Å². The smallest absolute Gasteiger partial charge is 0.0542 e. The highest BCUT2D eigenvalue weighted by atomic mass is 15.2. The Balaban J connectivity index is 0.000000151. The molecular formula is C130H102N6. The van der Waals surface area contributed by atoms with Gasteiger partial charge in [-0.15, -0.1) is 0 Å². The average Bonchev–Trinajstić information content (AvgIpc) is 1.38. The van der Waals surface area contributed by atoms with Crippen LogP contribution in [0.5, 0.6) is 0 Å². The SMILES string of the molecule is Cc1ccc2c(-c3cccc4cc(-n5c6ccc(N(c7ccccc7)c7ccc8c(c7)C(C)(C)c7ccccc7-8)cc6c6cc(N(c7ccccc7)c7ccc8c(c7)C(C)(C)c7ccccc7-8)ccc65)ccc34)cccc2c1.Cn1c2ccc(N(c3ccccc3)c3ccc4c(c3)C(C)(C)c3ccccc3-4)cc2c2cc(N(c3ccccc3)c3ccc4c(c3)C(C)(C)c3ccccc3-4)ccc21. The van der Waals surface area contributed by atoms with Crippen molar-refractivity contribution in [2.75, 3.05) is 19.6 Å². The van der Waals surface area contributed by atoms with Crippen LogP contribution in [0.3, 0.4) is 0 Å². The summed E-state index contributed by atoms with van der Waals surface area (Å²) >= 11 is 0. The monoisotopic (exact) mass is 1750 g/mol. The van der Waals surface area contributed by atoms with Crippen molar-refractivity contribution in [3.05, 3.63) is 487 Å². The van der Waals surface area contributed by atoms with Crippen LogP contribution in [-0.4, -0.2) is 9.13 Å². The molecule has 26 rings (SSSR count). The van der Waals surface area contributed by atoms with Crippen molar-refractivity contribution in [1.82, 2.24) is 9.13 Å². The number of fused-ring (bicyclic) bond motifs is 20. The fourth-order valence-electron chi connectivity index (χ4n) is 23.7. The maximum atomic E-state index is 2.48. The van der Waals surface area contributed by atoms with Gasteiger partial charge in [0.25, 0.3) is 0 Å². The first-order chi connectivity index (χ1) is 66.3. The molecule has 0 bridgehead atoms. The third-order valence-corrected chi connectivity index (χ3v) is 30.5. The molecule has 0 aliphatic heterocycles. The van der Waals surface area contributed by atoms with Crippen LogP contribution < -0.4 is 19.6 Å². The summed E-state index contributed by atoms with van der Waals surface area (Å²) < 4.78 is 4.82. The first-order valence-corrected chi connectivity index (χ1v) is 47.8. The number of aryl methyl sites for hydroxylation is 2. The lowest BCUT2D eigenvalue weighted by atomic mass is 9.82. The molecule has 2 aromatic heterocycles. The zero-order chi connectivity index (χ0) is 91.8. The van der Waals surface area contributed by atoms with Crippen molar-refractivity contribution >= 4 is 133 Å². The van der Waals surface area contributed by atoms with Crippen LogP contribution in [0.1, 0.15) is 105 Å². The molecule has 0 saturated heterocycles. The van der Waals surface area contributed by atoms with Gasteiger partial charge in [-0.3, -0.25) is 0 Å². The second-order valence-corrected chi connectivity index (χ2v) is 39.7. The van der Waals surface area contributed by atoms with Gasteiger partial charge in [-0.2, -0.15) is 0 Å². The molecule has 652 valence electrons. The number of nitrogens with zero attached hydrogens (tertiary/aromatic N) is 6. The zero-order valence-corrected chi connectivity index (χ0v) is 78.3. The minimum absolute atomic E-state index is 0.0938. The molecule has 0 radical (unpaired) electrons. The Morgan fingerprint density at radius 1 is 0.176 bits per heavy atom. The lowest BCUT2D eigenvalue weighted by Crippen LogP contribution is -2.16. The molecule has 6 heteroatoms. The predicted octanol–water partition coefficient (Wildman–Crippen LogP) is 35.5. The van der Waals surface area contributed by atoms with E-state index in [0.29, 0.717) is 0 Å². The topological polar surface area (TPSA) is 22.8 Å². The molecule has 0 amide bonds. The lowest BCUT2D eigenvalue weighted by molar-refractivity contribution is 0.660. The predicted molar refractivity (Wildman–Crippen MR) is 575 cm³/mol. The molecule has 0 N–H and O–H groups in total. The van der Waals surface area contributed by atoms with Gasteiger partial charge in [0.05, 0.1) is 11.0 Å². The Hall–Kier alpha value is -16.3. The lowest BCUT2D eigenvalue weighted by Gasteiger charge is -2.28. The van der Waals surface area contributed by atoms with Crippen molar-refractivity contribution in [2.45, 2.75) is 84.0 Å². The number of anilines is 12. The van der Waals surface area contributed by atoms with Crippen LogP contribution in [-0.2, 0) is 28.7 Å². The highest BCUT2D eigenvalue weighted by Gasteiger charge is 2.41. The van der Waals surface area contributed by atoms with E-state index in [1.807, 2.05) is 0 Å². The summed E-state index contributed by atoms with van der Waals surface area (Å²) in [5, 5.41) is 9.78. The average molecular weight is 1750 g/mol. The van der Waals surface area contributed by atoms with Gasteiger partial charge in [0.2, 0.25) is 0 Å². The summed E-state index contributed by atoms with van der Waals surface area (Å²) in [4.78, 5) is 9.72. The van der Waals surface area contributed by atoms with E-state index in [2.05, 4.69) is 535 Å². The molecule has 0 spiro atoms. The molecule has 0 saturated carbocycles. The summed E-state index contributed by atoms with van der Waals surface area (Å²) in [7, 11) is 2.19. The van der Waals surface area contributed by atoms with E-state index < -0.39 is 0 Å². The van der Waals surface area contributed by atoms with Gasteiger partial charge in [0.1, 0.15) is 0 Å². The molecular weight excluding hydrogens is 1650 g/mol. The Bertz CT molecular complexity index is 8230. The van der Waals surface area contributed by atoms with Gasteiger partial charge < -0.3 is 28.7 Å². The van der Waals surface area contributed by atoms with Gasteiger partial charge in [0, 0.05) is 135 Å². The highest BCUT2D eigenvalue weighted by Crippen LogP contribution is 2.58. The standard InChI is InChI=1S/C75H57N3.C55H45N3/c1-48-30-36-58-49(42-48)18-16-26-60(58)61-27-17-19-50-43-53(31-37-59(50)61)78-72-40-34-54(76(51-20-8-6-9-21-51)56-32-38-64-62-24-12-14-28-68(62)74(2,3)70(64)46-56)44-66(72)67-45-55(35-41-73(67)78)77(52-22-10-7-11-23-52)57-33-39-65-63-25-13-15-29-69(63)75(4,5)71(65)47-57;1-54(2)48-22-14-12-20-42(48)44-28-24-40(34-50(44)54)57(36-16-8-6-9-17-36)38-26-30-52-46(32-38)47-33-39(27-31-53(47)56(52)5)58(37-18-10-7-11-19-37)41-25-29-45-43-21-13-15-23-49(43)55(3,4)51(45)35-41/h6-47H,1-5H3;6-35H,1-5H3. The summed E-state index contributed by atoms with van der Waals surface area (Å²) in [6, 6.07) is 163. The number of hydrogen-bond donors (Lipinski definition) is 0. The van der Waals surface area contributed by atoms with Crippen molar-refractivity contribution in [1.29, 1.82) is 0 Å². The molecule has 4 aliphatic carbocycles. The molecule has 4 aliphatic rings. The van der Waals surface area contributed by atoms with E-state index >= 15 is 0 Å². The molecule has 0 atom stereocenters. The number of benzene rings is 20. The minimum Gasteiger partial charge on any atom is -0.344 e. The molecule has 6 nitrogen and oxygen atoms in total. The Kier molecular flexibility index (Phi) is 18.7. The summed E-state index contributed by atoms with van der Waals surface area (Å²) in [5.41, 5.74) is 44.2. The van der Waals surface area contributed by atoms with Crippen molar-refractivity contribution in [2.24, 2.45) is 7.05 Å². The van der Waals surface area contributed by atoms with Crippen LogP contribution in [0.4, 0.5) is 68.2 Å². The molecule has 136 heavy (non-hydrogen) atoms. The Labute approximate surface area is 795 Å². The van der Waals surface area contributed by atoms with Gasteiger partial charge in [-0.1, -0.05) is 316 Å². The van der Waals surface area contributed by atoms with Crippen molar-refractivity contribution in [3.8, 4) is 61.3 Å². The second-order valence-electron chi connectivity index (χ2n) is 39.7. The normalized spacial score (nSPS) is 13.9. The van der Waals surface area contributed by atoms with Crippen LogP contribution >= 0.6 is 0 Å². The number of para-hydroxylation sites is 4. The quantitative estimate of drug-likeness (QED) is 0.108. The van der Waals surface area contributed by atoms with Crippen LogP contribution in [0.2, 0.25) is 0 Å². The maximum absolute atomic E-state index is 2.48. The highest BCUT2D eigenvalue weighted by molar-refractivity contribution is 6.15. The largest absolute Gasteiger partial charge is 0.344 e. The van der Waals surface area contributed by atoms with Crippen LogP contribution in [0, 0.1) is 6.92 Å². The third-order valence-electron chi connectivity index (χ3n) is 30.5. The summed E-state index contributed by atoms with van der Waals surface area (Å²) in [5.74, 6) is 0. The Morgan fingerprint density at radius 3 is 0.750 bits per heavy atom. The number of hydrogen-bond acceptors (Lipinski definition) is 4. The van der Waals surface area contributed by atoms with Gasteiger partial charge in [0.15, 0.2) is 0 Å². The van der Waals surface area contributed by atoms with Gasteiger partial charge >= 0.3 is 0 Å². The van der Waals surface area contributed by atoms with Crippen molar-refractivity contribution < 1.29 is 0 Å². The first-order valence-electron chi connectivity index (χ1n) is 47.8. The molecule has 2 heterocycles. The summed E-state index contributed by atoms with van der Waals surface area (Å²) in [6.45, 7) is 21.1. The molecule has 22 aromatic rings. The van der Waals surface area contributed by atoms with E-state index in [1.54, 1.807) is 0 Å². The molecule has 0 fully saturated rings. The van der Waals surface area contributed by atoms with E-state index in [0.717, 1.165) is 85.0 Å². The third kappa shape index (κ3) is 12.8. The summed E-state index contributed by atoms with van der Waals surface area (Å²) in [6.07, 6.45) is 0. The van der Waals surface area contributed by atoms with Crippen LogP contribution in [0.25, 0.3) is 126 Å². The fourth-order valence-corrected chi connectivity index (χ4v) is 23.7. The molecule has 20 aromatic carbocycles. The van der Waals surface area contributed by atoms with Crippen LogP contribution in [0.15, 0.2) is 437 Å². The number of rotatable bonds is 14.